The lowest BCUT2D eigenvalue weighted by Gasteiger charge is -2.24. The first kappa shape index (κ1) is 14.3. The fourth-order valence-electron chi connectivity index (χ4n) is 2.13. The predicted octanol–water partition coefficient (Wildman–Crippen LogP) is 0.936. The number of urea groups is 1. The van der Waals surface area contributed by atoms with E-state index in [1.54, 1.807) is 12.0 Å². The molecule has 0 aromatic carbocycles. The summed E-state index contributed by atoms with van der Waals surface area (Å²) in [4.78, 5) is 13.8. The number of hydrogen-bond donors (Lipinski definition) is 2. The lowest BCUT2D eigenvalue weighted by atomic mass is 10.2. The Balaban J connectivity index is 2.34. The molecule has 1 aliphatic rings. The minimum Gasteiger partial charge on any atom is -0.383 e. The number of amides is 2. The standard InChI is InChI=1S/C12H25N3O2/c1-17-10-9-15(8-4-7-13)12(16)14-11-5-2-3-6-11/h11H,2-10,13H2,1H3,(H,14,16). The van der Waals surface area contributed by atoms with Crippen molar-refractivity contribution in [3.05, 3.63) is 0 Å². The fraction of sp³-hybridized carbons (Fsp3) is 0.917. The van der Waals surface area contributed by atoms with E-state index < -0.39 is 0 Å². The zero-order valence-electron chi connectivity index (χ0n) is 10.8. The Hall–Kier alpha value is -0.810. The molecule has 0 saturated heterocycles. The number of methoxy groups -OCH3 is 1. The lowest BCUT2D eigenvalue weighted by molar-refractivity contribution is 0.147. The van der Waals surface area contributed by atoms with Crippen LogP contribution >= 0.6 is 0 Å². The van der Waals surface area contributed by atoms with Crippen molar-refractivity contribution in [1.82, 2.24) is 10.2 Å². The van der Waals surface area contributed by atoms with Gasteiger partial charge in [0.15, 0.2) is 0 Å². The molecule has 17 heavy (non-hydrogen) atoms. The zero-order chi connectivity index (χ0) is 12.5. The Labute approximate surface area is 104 Å². The van der Waals surface area contributed by atoms with Gasteiger partial charge in [0.25, 0.3) is 0 Å². The minimum atomic E-state index is 0.0300. The highest BCUT2D eigenvalue weighted by Crippen LogP contribution is 2.17. The van der Waals surface area contributed by atoms with Crippen molar-refractivity contribution in [2.75, 3.05) is 33.4 Å². The molecule has 0 radical (unpaired) electrons. The molecule has 1 rings (SSSR count). The van der Waals surface area contributed by atoms with Crippen LogP contribution in [0, 0.1) is 0 Å². The Kier molecular flexibility index (Phi) is 6.96. The summed E-state index contributed by atoms with van der Waals surface area (Å²) >= 11 is 0. The smallest absolute Gasteiger partial charge is 0.317 e. The third-order valence-corrected chi connectivity index (χ3v) is 3.17. The molecule has 3 N–H and O–H groups in total. The van der Waals surface area contributed by atoms with Crippen molar-refractivity contribution < 1.29 is 9.53 Å². The van der Waals surface area contributed by atoms with Gasteiger partial charge < -0.3 is 20.7 Å². The molecule has 1 aliphatic carbocycles. The molecule has 0 aromatic rings. The molecule has 0 atom stereocenters. The van der Waals surface area contributed by atoms with Crippen LogP contribution < -0.4 is 11.1 Å². The lowest BCUT2D eigenvalue weighted by Crippen LogP contribution is -2.45. The summed E-state index contributed by atoms with van der Waals surface area (Å²) in [5.41, 5.74) is 5.48. The SMILES string of the molecule is COCCN(CCCN)C(=O)NC1CCCC1. The molecular formula is C12H25N3O2. The van der Waals surface area contributed by atoms with Gasteiger partial charge in [-0.3, -0.25) is 0 Å². The van der Waals surface area contributed by atoms with E-state index in [-0.39, 0.29) is 6.03 Å². The predicted molar refractivity (Wildman–Crippen MR) is 67.9 cm³/mol. The number of nitrogens with two attached hydrogens (primary N) is 1. The fourth-order valence-corrected chi connectivity index (χ4v) is 2.13. The van der Waals surface area contributed by atoms with E-state index in [9.17, 15) is 4.79 Å². The van der Waals surface area contributed by atoms with Gasteiger partial charge in [-0.05, 0) is 25.8 Å². The zero-order valence-corrected chi connectivity index (χ0v) is 10.8. The molecule has 0 aliphatic heterocycles. The molecule has 0 unspecified atom stereocenters. The molecule has 0 heterocycles. The van der Waals surface area contributed by atoms with Crippen LogP contribution in [0.5, 0.6) is 0 Å². The van der Waals surface area contributed by atoms with Gasteiger partial charge in [0.05, 0.1) is 6.61 Å². The molecule has 5 nitrogen and oxygen atoms in total. The van der Waals surface area contributed by atoms with E-state index in [4.69, 9.17) is 10.5 Å². The van der Waals surface area contributed by atoms with E-state index in [1.165, 1.54) is 12.8 Å². The van der Waals surface area contributed by atoms with Gasteiger partial charge >= 0.3 is 6.03 Å². The van der Waals surface area contributed by atoms with Gasteiger partial charge in [-0.15, -0.1) is 0 Å². The highest BCUT2D eigenvalue weighted by molar-refractivity contribution is 5.74. The summed E-state index contributed by atoms with van der Waals surface area (Å²) in [5, 5.41) is 3.09. The second-order valence-electron chi connectivity index (χ2n) is 4.55. The van der Waals surface area contributed by atoms with Crippen LogP contribution in [-0.2, 0) is 4.74 Å². The second-order valence-corrected chi connectivity index (χ2v) is 4.55. The highest BCUT2D eigenvalue weighted by Gasteiger charge is 2.20. The van der Waals surface area contributed by atoms with Crippen molar-refractivity contribution in [3.63, 3.8) is 0 Å². The molecule has 0 spiro atoms. The monoisotopic (exact) mass is 243 g/mol. The van der Waals surface area contributed by atoms with Crippen LogP contribution in [0.4, 0.5) is 4.79 Å². The van der Waals surface area contributed by atoms with Crippen molar-refractivity contribution in [3.8, 4) is 0 Å². The van der Waals surface area contributed by atoms with Crippen LogP contribution in [-0.4, -0.2) is 50.3 Å². The Morgan fingerprint density at radius 1 is 1.41 bits per heavy atom. The number of nitrogens with one attached hydrogen (secondary N) is 1. The van der Waals surface area contributed by atoms with Gasteiger partial charge in [0.2, 0.25) is 0 Å². The molecule has 2 amide bonds. The van der Waals surface area contributed by atoms with Gasteiger partial charge in [-0.2, -0.15) is 0 Å². The van der Waals surface area contributed by atoms with E-state index in [0.717, 1.165) is 19.3 Å². The Bertz CT molecular complexity index is 210. The summed E-state index contributed by atoms with van der Waals surface area (Å²) in [6.07, 6.45) is 5.51. The third kappa shape index (κ3) is 5.37. The first-order chi connectivity index (χ1) is 8.27. The normalized spacial score (nSPS) is 16.1. The minimum absolute atomic E-state index is 0.0300. The summed E-state index contributed by atoms with van der Waals surface area (Å²) in [6.45, 7) is 2.52. The number of ether oxygens (including phenoxy) is 1. The first-order valence-corrected chi connectivity index (χ1v) is 6.52. The van der Waals surface area contributed by atoms with Crippen LogP contribution in [0.25, 0.3) is 0 Å². The van der Waals surface area contributed by atoms with Crippen molar-refractivity contribution in [1.29, 1.82) is 0 Å². The van der Waals surface area contributed by atoms with Gasteiger partial charge in [-0.1, -0.05) is 12.8 Å². The Morgan fingerprint density at radius 2 is 2.12 bits per heavy atom. The van der Waals surface area contributed by atoms with E-state index in [0.29, 0.717) is 32.3 Å². The number of rotatable bonds is 7. The molecule has 100 valence electrons. The molecule has 1 fully saturated rings. The average molecular weight is 243 g/mol. The quantitative estimate of drug-likeness (QED) is 0.699. The summed E-state index contributed by atoms with van der Waals surface area (Å²) in [5.74, 6) is 0. The molecule has 0 bridgehead atoms. The topological polar surface area (TPSA) is 67.6 Å². The van der Waals surface area contributed by atoms with Gasteiger partial charge in [-0.25, -0.2) is 4.79 Å². The van der Waals surface area contributed by atoms with E-state index >= 15 is 0 Å². The molecule has 1 saturated carbocycles. The Morgan fingerprint density at radius 3 is 2.71 bits per heavy atom. The van der Waals surface area contributed by atoms with Crippen molar-refractivity contribution in [2.24, 2.45) is 5.73 Å². The van der Waals surface area contributed by atoms with Crippen LogP contribution in [0.3, 0.4) is 0 Å². The molecule has 0 aromatic heterocycles. The van der Waals surface area contributed by atoms with Crippen molar-refractivity contribution >= 4 is 6.03 Å². The van der Waals surface area contributed by atoms with Crippen molar-refractivity contribution in [2.45, 2.75) is 38.1 Å². The molecular weight excluding hydrogens is 218 g/mol. The maximum Gasteiger partial charge on any atom is 0.317 e. The van der Waals surface area contributed by atoms with Crippen LogP contribution in [0.1, 0.15) is 32.1 Å². The largest absolute Gasteiger partial charge is 0.383 e. The summed E-state index contributed by atoms with van der Waals surface area (Å²) in [6, 6.07) is 0.396. The highest BCUT2D eigenvalue weighted by atomic mass is 16.5. The van der Waals surface area contributed by atoms with Crippen LogP contribution in [0.15, 0.2) is 0 Å². The number of hydrogen-bond acceptors (Lipinski definition) is 3. The summed E-state index contributed by atoms with van der Waals surface area (Å²) in [7, 11) is 1.65. The maximum atomic E-state index is 12.0. The maximum absolute atomic E-state index is 12.0. The summed E-state index contributed by atoms with van der Waals surface area (Å²) < 4.78 is 5.02. The van der Waals surface area contributed by atoms with Gasteiger partial charge in [0.1, 0.15) is 0 Å². The number of carbonyl (C=O) groups is 1. The average Bonchev–Trinajstić information content (AvgIpc) is 2.82. The van der Waals surface area contributed by atoms with Crippen LogP contribution in [0.2, 0.25) is 0 Å². The first-order valence-electron chi connectivity index (χ1n) is 6.52. The number of nitrogens with zero attached hydrogens (tertiary/aromatic N) is 1. The third-order valence-electron chi connectivity index (χ3n) is 3.17. The van der Waals surface area contributed by atoms with Gasteiger partial charge in [0, 0.05) is 26.2 Å². The van der Waals surface area contributed by atoms with E-state index in [2.05, 4.69) is 5.32 Å². The number of carbonyl (C=O) groups excluding carboxylic acids is 1. The molecule has 5 heteroatoms. The van der Waals surface area contributed by atoms with E-state index in [1.807, 2.05) is 0 Å². The second kappa shape index (κ2) is 8.31.